The number of para-hydroxylation sites is 2. The third-order valence-corrected chi connectivity index (χ3v) is 4.57. The summed E-state index contributed by atoms with van der Waals surface area (Å²) < 4.78 is 24.4. The van der Waals surface area contributed by atoms with Gasteiger partial charge in [-0.25, -0.2) is 18.5 Å². The zero-order valence-electron chi connectivity index (χ0n) is 12.6. The minimum atomic E-state index is -3.88. The summed E-state index contributed by atoms with van der Waals surface area (Å²) in [6, 6.07) is 12.8. The van der Waals surface area contributed by atoms with Crippen LogP contribution in [0.2, 0.25) is 0 Å². The topological polar surface area (TPSA) is 115 Å². The van der Waals surface area contributed by atoms with Gasteiger partial charge in [-0.05, 0) is 24.3 Å². The predicted octanol–water partition coefficient (Wildman–Crippen LogP) is 1.06. The Morgan fingerprint density at radius 2 is 1.92 bits per heavy atom. The summed E-state index contributed by atoms with van der Waals surface area (Å²) in [6.45, 7) is -0.371. The summed E-state index contributed by atoms with van der Waals surface area (Å²) in [5.74, 6) is 0.0607. The molecule has 7 nitrogen and oxygen atoms in total. The van der Waals surface area contributed by atoms with Gasteiger partial charge in [0.1, 0.15) is 12.4 Å². The van der Waals surface area contributed by atoms with Crippen molar-refractivity contribution in [2.24, 2.45) is 5.14 Å². The van der Waals surface area contributed by atoms with Crippen molar-refractivity contribution >= 4 is 26.8 Å². The van der Waals surface area contributed by atoms with Crippen LogP contribution < -0.4 is 5.14 Å². The Bertz CT molecular complexity index is 1020. The molecule has 0 spiro atoms. The maximum atomic E-state index is 12.5. The van der Waals surface area contributed by atoms with Gasteiger partial charge in [0, 0.05) is 5.56 Å². The second kappa shape index (κ2) is 6.16. The van der Waals surface area contributed by atoms with E-state index < -0.39 is 10.0 Å². The Kier molecular flexibility index (Phi) is 4.18. The highest BCUT2D eigenvalue weighted by molar-refractivity contribution is 7.89. The molecule has 0 saturated carbocycles. The summed E-state index contributed by atoms with van der Waals surface area (Å²) >= 11 is 0. The number of sulfonamides is 1. The number of aliphatic hydroxyl groups is 1. The molecule has 0 aliphatic carbocycles. The Morgan fingerprint density at radius 3 is 2.62 bits per heavy atom. The number of fused-ring (bicyclic) bond motifs is 1. The van der Waals surface area contributed by atoms with Crippen LogP contribution in [0.4, 0.5) is 0 Å². The van der Waals surface area contributed by atoms with Crippen molar-refractivity contribution < 1.29 is 18.3 Å². The number of hydrogen-bond acceptors (Lipinski definition) is 5. The Balaban J connectivity index is 1.99. The second-order valence-electron chi connectivity index (χ2n) is 5.26. The van der Waals surface area contributed by atoms with Crippen LogP contribution >= 0.6 is 0 Å². The van der Waals surface area contributed by atoms with Crippen LogP contribution in [-0.2, 0) is 23.2 Å². The van der Waals surface area contributed by atoms with Crippen LogP contribution in [0.1, 0.15) is 16.2 Å². The smallest absolute Gasteiger partial charge is 0.238 e. The van der Waals surface area contributed by atoms with Crippen LogP contribution in [0.25, 0.3) is 11.0 Å². The number of rotatable bonds is 5. The lowest BCUT2D eigenvalue weighted by molar-refractivity contribution is 0.0970. The van der Waals surface area contributed by atoms with Crippen molar-refractivity contribution in [1.29, 1.82) is 0 Å². The van der Waals surface area contributed by atoms with Crippen molar-refractivity contribution in [2.45, 2.75) is 18.0 Å². The summed E-state index contributed by atoms with van der Waals surface area (Å²) in [7, 11) is -3.88. The number of carbonyl (C=O) groups is 1. The highest BCUT2D eigenvalue weighted by atomic mass is 32.2. The molecule has 8 heteroatoms. The van der Waals surface area contributed by atoms with Crippen molar-refractivity contribution in [3.8, 4) is 0 Å². The third kappa shape index (κ3) is 3.07. The molecule has 0 aliphatic heterocycles. The summed E-state index contributed by atoms with van der Waals surface area (Å²) in [4.78, 5) is 16.7. The Hall–Kier alpha value is -2.55. The van der Waals surface area contributed by atoms with E-state index in [0.29, 0.717) is 11.3 Å². The molecule has 0 atom stereocenters. The molecule has 24 heavy (non-hydrogen) atoms. The first-order valence-corrected chi connectivity index (χ1v) is 8.66. The zero-order chi connectivity index (χ0) is 17.3. The number of primary sulfonamides is 1. The molecule has 3 rings (SSSR count). The van der Waals surface area contributed by atoms with Crippen molar-refractivity contribution in [2.75, 3.05) is 0 Å². The van der Waals surface area contributed by atoms with Crippen molar-refractivity contribution in [1.82, 2.24) is 9.55 Å². The van der Waals surface area contributed by atoms with E-state index >= 15 is 0 Å². The first-order valence-electron chi connectivity index (χ1n) is 7.11. The van der Waals surface area contributed by atoms with Crippen LogP contribution in [0.5, 0.6) is 0 Å². The van der Waals surface area contributed by atoms with E-state index in [0.717, 1.165) is 5.52 Å². The normalized spacial score (nSPS) is 11.8. The van der Waals surface area contributed by atoms with Gasteiger partial charge in [0.15, 0.2) is 5.78 Å². The fraction of sp³-hybridized carbons (Fsp3) is 0.125. The molecular weight excluding hydrogens is 330 g/mol. The number of hydrogen-bond donors (Lipinski definition) is 2. The first-order chi connectivity index (χ1) is 11.4. The van der Waals surface area contributed by atoms with Gasteiger partial charge in [-0.3, -0.25) is 4.79 Å². The first kappa shape index (κ1) is 16.3. The quantitative estimate of drug-likeness (QED) is 0.671. The van der Waals surface area contributed by atoms with Gasteiger partial charge in [0.2, 0.25) is 10.0 Å². The van der Waals surface area contributed by atoms with Crippen LogP contribution in [0.3, 0.4) is 0 Å². The number of Topliss-reactive ketones (excluding diaryl/α,β-unsaturated/α-hetero) is 1. The lowest BCUT2D eigenvalue weighted by Gasteiger charge is -2.08. The molecule has 0 bridgehead atoms. The molecule has 1 aromatic heterocycles. The second-order valence-corrected chi connectivity index (χ2v) is 6.82. The molecule has 3 aromatic rings. The van der Waals surface area contributed by atoms with Gasteiger partial charge in [0.05, 0.1) is 22.5 Å². The lowest BCUT2D eigenvalue weighted by Crippen LogP contribution is -2.15. The number of carbonyl (C=O) groups excluding carboxylic acids is 1. The van der Waals surface area contributed by atoms with Gasteiger partial charge < -0.3 is 9.67 Å². The molecule has 0 aliphatic rings. The average Bonchev–Trinajstić information content (AvgIpc) is 2.92. The van der Waals surface area contributed by atoms with Gasteiger partial charge >= 0.3 is 0 Å². The SMILES string of the molecule is NS(=O)(=O)c1cccc(C(=O)Cn2c(CO)nc3ccccc32)c1. The summed E-state index contributed by atoms with van der Waals surface area (Å²) in [5, 5.41) is 14.6. The van der Waals surface area contributed by atoms with Gasteiger partial charge in [-0.2, -0.15) is 0 Å². The molecule has 2 aromatic carbocycles. The number of ketones is 1. The van der Waals surface area contributed by atoms with E-state index in [9.17, 15) is 18.3 Å². The molecule has 0 fully saturated rings. The zero-order valence-corrected chi connectivity index (χ0v) is 13.4. The molecule has 3 N–H and O–H groups in total. The maximum Gasteiger partial charge on any atom is 0.238 e. The van der Waals surface area contributed by atoms with E-state index in [-0.39, 0.29) is 29.4 Å². The Morgan fingerprint density at radius 1 is 1.17 bits per heavy atom. The molecule has 124 valence electrons. The van der Waals surface area contributed by atoms with Crippen LogP contribution in [0.15, 0.2) is 53.4 Å². The minimum absolute atomic E-state index is 0.0650. The van der Waals surface area contributed by atoms with E-state index in [1.54, 1.807) is 16.7 Å². The molecule has 0 unspecified atom stereocenters. The minimum Gasteiger partial charge on any atom is -0.388 e. The van der Waals surface area contributed by atoms with E-state index in [2.05, 4.69) is 4.98 Å². The van der Waals surface area contributed by atoms with E-state index in [1.165, 1.54) is 24.3 Å². The third-order valence-electron chi connectivity index (χ3n) is 3.66. The van der Waals surface area contributed by atoms with Gasteiger partial charge in [-0.15, -0.1) is 0 Å². The van der Waals surface area contributed by atoms with Crippen LogP contribution in [-0.4, -0.2) is 28.9 Å². The van der Waals surface area contributed by atoms with Gasteiger partial charge in [-0.1, -0.05) is 24.3 Å². The Labute approximate surface area is 138 Å². The number of benzene rings is 2. The molecular formula is C16H15N3O4S. The average molecular weight is 345 g/mol. The summed E-state index contributed by atoms with van der Waals surface area (Å²) in [5.41, 5.74) is 1.62. The number of imidazole rings is 1. The van der Waals surface area contributed by atoms with E-state index in [1.807, 2.05) is 12.1 Å². The largest absolute Gasteiger partial charge is 0.388 e. The fourth-order valence-corrected chi connectivity index (χ4v) is 3.06. The molecule has 1 heterocycles. The van der Waals surface area contributed by atoms with Crippen LogP contribution in [0, 0.1) is 0 Å². The molecule has 0 amide bonds. The fourth-order valence-electron chi connectivity index (χ4n) is 2.50. The monoisotopic (exact) mass is 345 g/mol. The highest BCUT2D eigenvalue weighted by Gasteiger charge is 2.16. The maximum absolute atomic E-state index is 12.5. The highest BCUT2D eigenvalue weighted by Crippen LogP contribution is 2.18. The number of aromatic nitrogens is 2. The molecule has 0 saturated heterocycles. The predicted molar refractivity (Wildman–Crippen MR) is 87.8 cm³/mol. The summed E-state index contributed by atoms with van der Waals surface area (Å²) in [6.07, 6.45) is 0. The molecule has 0 radical (unpaired) electrons. The number of nitrogens with two attached hydrogens (primary N) is 1. The number of nitrogens with zero attached hydrogens (tertiary/aromatic N) is 2. The van der Waals surface area contributed by atoms with Crippen molar-refractivity contribution in [3.05, 3.63) is 59.9 Å². The van der Waals surface area contributed by atoms with Crippen molar-refractivity contribution in [3.63, 3.8) is 0 Å². The number of aliphatic hydroxyl groups excluding tert-OH is 1. The van der Waals surface area contributed by atoms with E-state index in [4.69, 9.17) is 5.14 Å². The van der Waals surface area contributed by atoms with Gasteiger partial charge in [0.25, 0.3) is 0 Å². The lowest BCUT2D eigenvalue weighted by atomic mass is 10.1. The standard InChI is InChI=1S/C16H15N3O4S/c17-24(22,23)12-5-3-4-11(8-12)15(21)9-19-14-7-2-1-6-13(14)18-16(19)10-20/h1-8,20H,9-10H2,(H2,17,22,23).